The number of carbonyl (C=O) groups is 1. The molecule has 2 aromatic heterocycles. The Bertz CT molecular complexity index is 1050. The molecule has 1 saturated heterocycles. The van der Waals surface area contributed by atoms with Gasteiger partial charge in [-0.25, -0.2) is 9.97 Å². The summed E-state index contributed by atoms with van der Waals surface area (Å²) >= 11 is 0. The van der Waals surface area contributed by atoms with E-state index in [1.165, 1.54) is 4.90 Å². The van der Waals surface area contributed by atoms with Crippen LogP contribution in [0.1, 0.15) is 10.4 Å². The fourth-order valence-electron chi connectivity index (χ4n) is 2.91. The van der Waals surface area contributed by atoms with Crippen LogP contribution in [0.25, 0.3) is 11.4 Å². The highest BCUT2D eigenvalue weighted by Gasteiger charge is 2.19. The average molecular weight is 422 g/mol. The van der Waals surface area contributed by atoms with E-state index in [2.05, 4.69) is 24.9 Å². The molecule has 1 fully saturated rings. The first-order valence-electron chi connectivity index (χ1n) is 9.66. The highest BCUT2D eigenvalue weighted by atomic mass is 16.5. The second-order valence-corrected chi connectivity index (χ2v) is 7.00. The molecule has 1 aliphatic rings. The molecule has 0 saturated carbocycles. The lowest BCUT2D eigenvalue weighted by atomic mass is 10.2. The van der Waals surface area contributed by atoms with E-state index in [4.69, 9.17) is 15.2 Å². The molecule has 11 heteroatoms. The number of hydrogen-bond donors (Lipinski definition) is 1. The van der Waals surface area contributed by atoms with Crippen molar-refractivity contribution in [3.05, 3.63) is 42.2 Å². The summed E-state index contributed by atoms with van der Waals surface area (Å²) in [5.74, 6) is 1.40. The van der Waals surface area contributed by atoms with E-state index in [0.717, 1.165) is 0 Å². The van der Waals surface area contributed by atoms with Gasteiger partial charge in [0.1, 0.15) is 5.75 Å². The topological polar surface area (TPSA) is 132 Å². The summed E-state index contributed by atoms with van der Waals surface area (Å²) in [6.45, 7) is 2.48. The molecule has 0 spiro atoms. The van der Waals surface area contributed by atoms with E-state index in [0.29, 0.717) is 55.0 Å². The van der Waals surface area contributed by atoms with Crippen molar-refractivity contribution in [2.45, 2.75) is 0 Å². The second-order valence-electron chi connectivity index (χ2n) is 7.00. The van der Waals surface area contributed by atoms with Crippen LogP contribution in [-0.4, -0.2) is 76.1 Å². The summed E-state index contributed by atoms with van der Waals surface area (Å²) in [5, 5.41) is 0. The van der Waals surface area contributed by atoms with Gasteiger partial charge in [0.15, 0.2) is 5.82 Å². The van der Waals surface area contributed by atoms with Crippen LogP contribution >= 0.6 is 0 Å². The molecular formula is C20H22N8O3. The van der Waals surface area contributed by atoms with Gasteiger partial charge in [-0.1, -0.05) is 0 Å². The van der Waals surface area contributed by atoms with Crippen LogP contribution in [0.2, 0.25) is 0 Å². The molecule has 3 aromatic rings. The number of rotatable bonds is 5. The van der Waals surface area contributed by atoms with Crippen molar-refractivity contribution < 1.29 is 14.3 Å². The Balaban J connectivity index is 1.65. The first-order chi connectivity index (χ1) is 15.0. The molecule has 2 N–H and O–H groups in total. The molecule has 0 atom stereocenters. The van der Waals surface area contributed by atoms with E-state index in [1.54, 1.807) is 50.8 Å². The van der Waals surface area contributed by atoms with Crippen LogP contribution in [0, 0.1) is 0 Å². The second kappa shape index (κ2) is 8.88. The van der Waals surface area contributed by atoms with Crippen LogP contribution in [0.4, 0.5) is 11.9 Å². The Morgan fingerprint density at radius 3 is 2.39 bits per heavy atom. The van der Waals surface area contributed by atoms with Gasteiger partial charge in [-0.2, -0.15) is 15.0 Å². The number of hydrogen-bond acceptors (Lipinski definition) is 10. The van der Waals surface area contributed by atoms with Crippen molar-refractivity contribution in [2.75, 3.05) is 51.0 Å². The number of carbonyl (C=O) groups excluding carboxylic acids is 1. The zero-order valence-electron chi connectivity index (χ0n) is 17.2. The molecule has 0 aliphatic carbocycles. The standard InChI is InChI=1S/C20H22N8O3/c1-27(2)17(29)13-3-5-15(6-4-13)31-20-25-16(14-11-22-18(21)23-12-14)24-19(26-20)28-7-9-30-10-8-28/h3-6,11-12H,7-10H2,1-2H3,(H2,21,22,23). The number of aromatic nitrogens is 5. The van der Waals surface area contributed by atoms with Crippen molar-refractivity contribution in [3.63, 3.8) is 0 Å². The van der Waals surface area contributed by atoms with Crippen LogP contribution in [0.3, 0.4) is 0 Å². The molecule has 11 nitrogen and oxygen atoms in total. The van der Waals surface area contributed by atoms with E-state index < -0.39 is 0 Å². The lowest BCUT2D eigenvalue weighted by Crippen LogP contribution is -2.37. The smallest absolute Gasteiger partial charge is 0.327 e. The largest absolute Gasteiger partial charge is 0.424 e. The Kier molecular flexibility index (Phi) is 5.85. The molecule has 1 amide bonds. The number of benzene rings is 1. The van der Waals surface area contributed by atoms with Crippen molar-refractivity contribution in [1.82, 2.24) is 29.8 Å². The molecule has 4 rings (SSSR count). The highest BCUT2D eigenvalue weighted by molar-refractivity contribution is 5.93. The predicted octanol–water partition coefficient (Wildman–Crippen LogP) is 1.24. The molecule has 1 aliphatic heterocycles. The predicted molar refractivity (Wildman–Crippen MR) is 113 cm³/mol. The van der Waals surface area contributed by atoms with Crippen LogP contribution in [0.5, 0.6) is 11.8 Å². The summed E-state index contributed by atoms with van der Waals surface area (Å²) in [6.07, 6.45) is 3.10. The first-order valence-corrected chi connectivity index (χ1v) is 9.66. The van der Waals surface area contributed by atoms with E-state index in [1.807, 2.05) is 4.90 Å². The highest BCUT2D eigenvalue weighted by Crippen LogP contribution is 2.24. The number of amides is 1. The number of nitrogens with zero attached hydrogens (tertiary/aromatic N) is 7. The fourth-order valence-corrected chi connectivity index (χ4v) is 2.91. The summed E-state index contributed by atoms with van der Waals surface area (Å²) < 4.78 is 11.3. The van der Waals surface area contributed by atoms with Crippen LogP contribution < -0.4 is 15.4 Å². The quantitative estimate of drug-likeness (QED) is 0.640. The van der Waals surface area contributed by atoms with Gasteiger partial charge in [-0.3, -0.25) is 4.79 Å². The van der Waals surface area contributed by atoms with Crippen molar-refractivity contribution in [1.29, 1.82) is 0 Å². The van der Waals surface area contributed by atoms with Crippen LogP contribution in [0.15, 0.2) is 36.7 Å². The Hall–Kier alpha value is -3.86. The third-order valence-corrected chi connectivity index (χ3v) is 4.54. The molecule has 0 bridgehead atoms. The van der Waals surface area contributed by atoms with Gasteiger partial charge in [0.2, 0.25) is 11.9 Å². The maximum absolute atomic E-state index is 12.1. The Morgan fingerprint density at radius 1 is 1.06 bits per heavy atom. The van der Waals surface area contributed by atoms with Gasteiger partial charge in [0.25, 0.3) is 5.91 Å². The van der Waals surface area contributed by atoms with Crippen molar-refractivity contribution >= 4 is 17.8 Å². The fraction of sp³-hybridized carbons (Fsp3) is 0.300. The van der Waals surface area contributed by atoms with Crippen molar-refractivity contribution in [2.24, 2.45) is 0 Å². The van der Waals surface area contributed by atoms with Crippen LogP contribution in [-0.2, 0) is 4.74 Å². The third kappa shape index (κ3) is 4.83. The molecule has 1 aromatic carbocycles. The Labute approximate surface area is 178 Å². The average Bonchev–Trinajstić information content (AvgIpc) is 2.80. The normalized spacial score (nSPS) is 13.7. The van der Waals surface area contributed by atoms with E-state index >= 15 is 0 Å². The molecule has 3 heterocycles. The van der Waals surface area contributed by atoms with Gasteiger partial charge < -0.3 is 25.0 Å². The van der Waals surface area contributed by atoms with Crippen molar-refractivity contribution in [3.8, 4) is 23.1 Å². The molecule has 0 radical (unpaired) electrons. The van der Waals surface area contributed by atoms with E-state index in [9.17, 15) is 4.79 Å². The maximum atomic E-state index is 12.1. The first kappa shape index (κ1) is 20.4. The lowest BCUT2D eigenvalue weighted by molar-refractivity contribution is 0.0827. The molecular weight excluding hydrogens is 400 g/mol. The number of nitrogens with two attached hydrogens (primary N) is 1. The van der Waals surface area contributed by atoms with E-state index in [-0.39, 0.29) is 17.9 Å². The SMILES string of the molecule is CN(C)C(=O)c1ccc(Oc2nc(-c3cnc(N)nc3)nc(N3CCOCC3)n2)cc1. The number of nitrogen functional groups attached to an aromatic ring is 1. The zero-order valence-corrected chi connectivity index (χ0v) is 17.2. The zero-order chi connectivity index (χ0) is 21.8. The minimum Gasteiger partial charge on any atom is -0.424 e. The maximum Gasteiger partial charge on any atom is 0.327 e. The van der Waals surface area contributed by atoms with Gasteiger partial charge in [-0.05, 0) is 24.3 Å². The lowest BCUT2D eigenvalue weighted by Gasteiger charge is -2.27. The third-order valence-electron chi connectivity index (χ3n) is 4.54. The van der Waals surface area contributed by atoms with Gasteiger partial charge in [0, 0.05) is 45.1 Å². The summed E-state index contributed by atoms with van der Waals surface area (Å²) in [4.78, 5) is 37.0. The van der Waals surface area contributed by atoms with Gasteiger partial charge >= 0.3 is 6.01 Å². The number of ether oxygens (including phenoxy) is 2. The summed E-state index contributed by atoms with van der Waals surface area (Å²) in [6, 6.07) is 6.89. The van der Waals surface area contributed by atoms with Gasteiger partial charge in [-0.15, -0.1) is 0 Å². The minimum absolute atomic E-state index is 0.0908. The molecule has 160 valence electrons. The summed E-state index contributed by atoms with van der Waals surface area (Å²) in [7, 11) is 3.40. The molecule has 0 unspecified atom stereocenters. The van der Waals surface area contributed by atoms with Gasteiger partial charge in [0.05, 0.1) is 18.8 Å². The Morgan fingerprint density at radius 2 is 1.74 bits per heavy atom. The minimum atomic E-state index is -0.0908. The monoisotopic (exact) mass is 422 g/mol. The number of anilines is 2. The molecule has 31 heavy (non-hydrogen) atoms. The summed E-state index contributed by atoms with van der Waals surface area (Å²) in [5.41, 5.74) is 6.73. The number of morpholine rings is 1.